The molecule has 3 amide bonds. The fourth-order valence-electron chi connectivity index (χ4n) is 11.4. The van der Waals surface area contributed by atoms with Gasteiger partial charge in [0.1, 0.15) is 5.60 Å². The van der Waals surface area contributed by atoms with Crippen LogP contribution in [0, 0.1) is 47.3 Å². The molecule has 10 fully saturated rings. The van der Waals surface area contributed by atoms with Crippen LogP contribution in [0.4, 0.5) is 4.79 Å². The monoisotopic (exact) mass is 806 g/mol. The van der Waals surface area contributed by atoms with Gasteiger partial charge in [0.2, 0.25) is 11.8 Å². The van der Waals surface area contributed by atoms with Crippen molar-refractivity contribution >= 4 is 50.7 Å². The van der Waals surface area contributed by atoms with Gasteiger partial charge in [0.25, 0.3) is 10.2 Å². The van der Waals surface area contributed by atoms with Gasteiger partial charge >= 0.3 is 16.3 Å². The van der Waals surface area contributed by atoms with E-state index in [1.807, 2.05) is 0 Å². The second-order valence-corrected chi connectivity index (χ2v) is 21.5. The highest BCUT2D eigenvalue weighted by atomic mass is 35.5. The van der Waals surface area contributed by atoms with Crippen molar-refractivity contribution in [3.8, 4) is 0 Å². The number of carbonyl (C=O) groups excluding carboxylic acids is 3. The molecular formula is C36H63ClN6O8S2. The summed E-state index contributed by atoms with van der Waals surface area (Å²) in [4.78, 5) is 37.4. The lowest BCUT2D eigenvalue weighted by molar-refractivity contribution is -0.126. The number of halogens is 1. The molecule has 2 aliphatic heterocycles. The molecule has 10 aliphatic rings. The lowest BCUT2D eigenvalue weighted by atomic mass is 9.54. The first kappa shape index (κ1) is 42.4. The van der Waals surface area contributed by atoms with Crippen LogP contribution in [-0.2, 0) is 34.7 Å². The molecule has 14 nitrogen and oxygen atoms in total. The summed E-state index contributed by atoms with van der Waals surface area (Å²) in [6, 6.07) is 0.450. The van der Waals surface area contributed by atoms with E-state index in [2.05, 4.69) is 15.4 Å². The average Bonchev–Trinajstić information content (AvgIpc) is 3.01. The van der Waals surface area contributed by atoms with Gasteiger partial charge in [0.15, 0.2) is 0 Å². The van der Waals surface area contributed by atoms with Crippen LogP contribution in [-0.4, -0.2) is 105 Å². The van der Waals surface area contributed by atoms with Gasteiger partial charge in [-0.15, -0.1) is 12.4 Å². The number of hydrogen-bond donors (Lipinski definition) is 3. The Morgan fingerprint density at radius 3 is 1.49 bits per heavy atom. The molecule has 3 N–H and O–H groups in total. The standard InChI is InChI=1S/C20H33N3O5S.C15H25N3O3S.CH4.ClH/c1-20(2,3)28-19(25)23-6-4-5-22(29(23,26)27)12-17(24)21-18-15-8-13-7-14(10-15)11-16(18)9-13;19-14(9-18-3-1-2-16-22(18,20)21)17-15-12-5-10-4-11(7-12)8-13(15)6-10;;/h13-16,18H,4-12H2,1-3H3,(H,21,24);10-13,15-16H,1-9H2,(H,17,19);1H4;1H. The number of nitrogens with one attached hydrogen (secondary N) is 3. The third kappa shape index (κ3) is 9.46. The molecule has 304 valence electrons. The van der Waals surface area contributed by atoms with Gasteiger partial charge < -0.3 is 15.4 Å². The molecule has 0 spiro atoms. The maximum Gasteiger partial charge on any atom is 0.425 e. The highest BCUT2D eigenvalue weighted by Gasteiger charge is 2.50. The van der Waals surface area contributed by atoms with E-state index in [-0.39, 0.29) is 69.9 Å². The van der Waals surface area contributed by atoms with Crippen molar-refractivity contribution in [1.29, 1.82) is 0 Å². The SMILES string of the molecule is C.CC(C)(C)OC(=O)N1CCCN(CC(=O)NC2C3CC4CC(C3)CC2C4)S1(=O)=O.Cl.O=C(CN1CCCNS1(=O)=O)NC1C2CC3CC(C2)CC1C3. The summed E-state index contributed by atoms with van der Waals surface area (Å²) in [5, 5.41) is 6.32. The predicted octanol–water partition coefficient (Wildman–Crippen LogP) is 3.64. The number of ether oxygens (including phenoxy) is 1. The highest BCUT2D eigenvalue weighted by Crippen LogP contribution is 2.54. The third-order valence-corrected chi connectivity index (χ3v) is 16.3. The van der Waals surface area contributed by atoms with Gasteiger partial charge in [0.05, 0.1) is 13.1 Å². The van der Waals surface area contributed by atoms with Crippen molar-refractivity contribution in [3.05, 3.63) is 0 Å². The summed E-state index contributed by atoms with van der Waals surface area (Å²) < 4.78 is 60.4. The van der Waals surface area contributed by atoms with Gasteiger partial charge in [-0.05, 0) is 145 Å². The summed E-state index contributed by atoms with van der Waals surface area (Å²) >= 11 is 0. The average molecular weight is 808 g/mol. The third-order valence-electron chi connectivity index (χ3n) is 12.9. The number of hydrogen-bond acceptors (Lipinski definition) is 8. The van der Waals surface area contributed by atoms with Crippen LogP contribution in [0.3, 0.4) is 0 Å². The van der Waals surface area contributed by atoms with Gasteiger partial charge in [-0.1, -0.05) is 7.43 Å². The minimum atomic E-state index is -4.06. The zero-order valence-corrected chi connectivity index (χ0v) is 33.3. The largest absolute Gasteiger partial charge is 0.443 e. The van der Waals surface area contributed by atoms with Crippen LogP contribution >= 0.6 is 12.4 Å². The van der Waals surface area contributed by atoms with Crippen molar-refractivity contribution in [2.45, 2.75) is 123 Å². The van der Waals surface area contributed by atoms with E-state index in [0.717, 1.165) is 38.7 Å². The molecule has 0 radical (unpaired) electrons. The van der Waals surface area contributed by atoms with E-state index in [9.17, 15) is 31.2 Å². The van der Waals surface area contributed by atoms with Crippen molar-refractivity contribution in [2.24, 2.45) is 47.3 Å². The Hall–Kier alpha value is -1.72. The van der Waals surface area contributed by atoms with Gasteiger partial charge in [0, 0.05) is 38.3 Å². The van der Waals surface area contributed by atoms with Crippen molar-refractivity contribution in [1.82, 2.24) is 28.3 Å². The van der Waals surface area contributed by atoms with E-state index in [1.54, 1.807) is 20.8 Å². The molecule has 8 bridgehead atoms. The minimum Gasteiger partial charge on any atom is -0.443 e. The molecule has 0 aromatic heterocycles. The molecule has 53 heavy (non-hydrogen) atoms. The summed E-state index contributed by atoms with van der Waals surface area (Å²) in [6.07, 6.45) is 12.8. The zero-order valence-electron chi connectivity index (χ0n) is 30.8. The first-order valence-corrected chi connectivity index (χ1v) is 22.2. The lowest BCUT2D eigenvalue weighted by Gasteiger charge is -2.54. The summed E-state index contributed by atoms with van der Waals surface area (Å²) in [5.74, 6) is 5.29. The van der Waals surface area contributed by atoms with E-state index in [0.29, 0.717) is 43.2 Å². The topological polar surface area (TPSA) is 175 Å². The Bertz CT molecular complexity index is 1520. The van der Waals surface area contributed by atoms with E-state index < -0.39 is 32.1 Å². The zero-order chi connectivity index (χ0) is 36.3. The van der Waals surface area contributed by atoms with Crippen LogP contribution in [0.1, 0.15) is 105 Å². The fraction of sp³-hybridized carbons (Fsp3) is 0.917. The molecular weight excluding hydrogens is 744 g/mol. The Labute approximate surface area is 323 Å². The second-order valence-electron chi connectivity index (χ2n) is 17.9. The van der Waals surface area contributed by atoms with Gasteiger partial charge in [-0.2, -0.15) is 29.8 Å². The number of amides is 3. The van der Waals surface area contributed by atoms with Crippen LogP contribution in [0.5, 0.6) is 0 Å². The summed E-state index contributed by atoms with van der Waals surface area (Å²) in [6.45, 7) is 6.00. The maximum absolute atomic E-state index is 12.9. The predicted molar refractivity (Wildman–Crippen MR) is 203 cm³/mol. The molecule has 2 heterocycles. The number of rotatable bonds is 6. The first-order chi connectivity index (χ1) is 24.0. The van der Waals surface area contributed by atoms with Crippen LogP contribution < -0.4 is 15.4 Å². The molecule has 0 aromatic carbocycles. The molecule has 2 saturated heterocycles. The number of carbonyl (C=O) groups is 3. The highest BCUT2D eigenvalue weighted by molar-refractivity contribution is 7.87. The van der Waals surface area contributed by atoms with Crippen molar-refractivity contribution in [3.63, 3.8) is 0 Å². The smallest absolute Gasteiger partial charge is 0.425 e. The summed E-state index contributed by atoms with van der Waals surface area (Å²) in [5.41, 5.74) is -0.786. The minimum absolute atomic E-state index is 0. The Morgan fingerprint density at radius 1 is 0.660 bits per heavy atom. The van der Waals surface area contributed by atoms with Crippen molar-refractivity contribution in [2.75, 3.05) is 39.3 Å². The maximum atomic E-state index is 12.9. The van der Waals surface area contributed by atoms with Gasteiger partial charge in [-0.25, -0.2) is 9.52 Å². The van der Waals surface area contributed by atoms with E-state index in [1.165, 1.54) is 68.5 Å². The fourth-order valence-corrected chi connectivity index (χ4v) is 14.1. The molecule has 17 heteroatoms. The Morgan fingerprint density at radius 2 is 1.08 bits per heavy atom. The van der Waals surface area contributed by atoms with Crippen LogP contribution in [0.15, 0.2) is 0 Å². The normalized spacial score (nSPS) is 37.7. The Kier molecular flexibility index (Phi) is 13.1. The quantitative estimate of drug-likeness (QED) is 0.365. The first-order valence-electron chi connectivity index (χ1n) is 19.4. The second kappa shape index (κ2) is 16.4. The van der Waals surface area contributed by atoms with Crippen LogP contribution in [0.25, 0.3) is 0 Å². The molecule has 0 atom stereocenters. The molecule has 0 unspecified atom stereocenters. The van der Waals surface area contributed by atoms with E-state index in [4.69, 9.17) is 4.74 Å². The summed E-state index contributed by atoms with van der Waals surface area (Å²) in [7, 11) is -7.52. The molecule has 10 rings (SSSR count). The molecule has 8 aliphatic carbocycles. The van der Waals surface area contributed by atoms with Crippen LogP contribution in [0.2, 0.25) is 0 Å². The molecule has 8 saturated carbocycles. The lowest BCUT2D eigenvalue weighted by Crippen LogP contribution is -2.59. The van der Waals surface area contributed by atoms with Crippen molar-refractivity contribution < 1.29 is 36.0 Å². The molecule has 0 aromatic rings. The van der Waals surface area contributed by atoms with Gasteiger partial charge in [-0.3, -0.25) is 9.59 Å². The Balaban J connectivity index is 0.000000203. The van der Waals surface area contributed by atoms with E-state index >= 15 is 0 Å². The number of nitrogens with zero attached hydrogens (tertiary/aromatic N) is 3.